The van der Waals surface area contributed by atoms with E-state index in [4.69, 9.17) is 0 Å². The lowest BCUT2D eigenvalue weighted by molar-refractivity contribution is 0.660. The van der Waals surface area contributed by atoms with Gasteiger partial charge in [-0.15, -0.1) is 11.3 Å². The number of nitrogens with zero attached hydrogens (tertiary/aromatic N) is 1. The van der Waals surface area contributed by atoms with Gasteiger partial charge in [0.1, 0.15) is 0 Å². The fourth-order valence-corrected chi connectivity index (χ4v) is 9.44. The minimum absolute atomic E-state index is 0.0736. The second-order valence-electron chi connectivity index (χ2n) is 14.1. The summed E-state index contributed by atoms with van der Waals surface area (Å²) in [5, 5.41) is 5.10. The Labute approximate surface area is 302 Å². The Hall–Kier alpha value is -5.96. The first kappa shape index (κ1) is 29.9. The van der Waals surface area contributed by atoms with E-state index < -0.39 is 0 Å². The van der Waals surface area contributed by atoms with E-state index in [0.717, 1.165) is 17.1 Å². The van der Waals surface area contributed by atoms with Gasteiger partial charge in [0, 0.05) is 42.5 Å². The van der Waals surface area contributed by atoms with Crippen molar-refractivity contribution in [3.8, 4) is 33.4 Å². The predicted molar refractivity (Wildman–Crippen MR) is 220 cm³/mol. The highest BCUT2D eigenvalue weighted by Crippen LogP contribution is 2.54. The Bertz CT molecular complexity index is 2800. The standard InChI is InChI=1S/C49H35NS/c1-49(2)43-21-8-5-19-41(43)48-40(20-12-22-44(48)49)38-17-6-9-23-45(38)50(37-27-28-47-42(31-37)39-18-7-10-24-46(39)51-47)36-16-11-15-34(30-36)35-26-25-32-13-3-4-14-33(32)29-35/h3-31H,1-2H3. The van der Waals surface area contributed by atoms with Crippen LogP contribution < -0.4 is 4.90 Å². The molecule has 0 saturated heterocycles. The largest absolute Gasteiger partial charge is 0.310 e. The van der Waals surface area contributed by atoms with Crippen LogP contribution in [0.5, 0.6) is 0 Å². The maximum Gasteiger partial charge on any atom is 0.0540 e. The first-order valence-electron chi connectivity index (χ1n) is 17.7. The predicted octanol–water partition coefficient (Wildman–Crippen LogP) is 14.3. The molecule has 1 aromatic heterocycles. The number of fused-ring (bicyclic) bond motifs is 7. The molecule has 0 N–H and O–H groups in total. The number of benzene rings is 8. The van der Waals surface area contributed by atoms with Crippen molar-refractivity contribution in [2.75, 3.05) is 4.90 Å². The summed E-state index contributed by atoms with van der Waals surface area (Å²) in [6.07, 6.45) is 0. The van der Waals surface area contributed by atoms with E-state index in [1.165, 1.54) is 75.5 Å². The highest BCUT2D eigenvalue weighted by molar-refractivity contribution is 7.25. The normalized spacial score (nSPS) is 13.1. The van der Waals surface area contributed by atoms with E-state index in [9.17, 15) is 0 Å². The fourth-order valence-electron chi connectivity index (χ4n) is 8.35. The molecular formula is C49H35NS. The molecular weight excluding hydrogens is 635 g/mol. The zero-order chi connectivity index (χ0) is 34.1. The zero-order valence-corrected chi connectivity index (χ0v) is 29.4. The average molecular weight is 670 g/mol. The summed E-state index contributed by atoms with van der Waals surface area (Å²) in [5.41, 5.74) is 13.7. The SMILES string of the molecule is CC1(C)c2ccccc2-c2c(-c3ccccc3N(c3cccc(-c4ccc5ccccc5c4)c3)c3ccc4sc5ccccc5c4c3)cccc21. The average Bonchev–Trinajstić information content (AvgIpc) is 3.67. The van der Waals surface area contributed by atoms with Crippen molar-refractivity contribution in [1.29, 1.82) is 0 Å². The number of rotatable bonds is 5. The minimum Gasteiger partial charge on any atom is -0.310 e. The van der Waals surface area contributed by atoms with Crippen molar-refractivity contribution in [3.05, 3.63) is 187 Å². The van der Waals surface area contributed by atoms with Crippen molar-refractivity contribution in [2.24, 2.45) is 0 Å². The maximum atomic E-state index is 2.47. The molecule has 242 valence electrons. The molecule has 0 unspecified atom stereocenters. The third-order valence-corrected chi connectivity index (χ3v) is 12.0. The monoisotopic (exact) mass is 669 g/mol. The van der Waals surface area contributed by atoms with Gasteiger partial charge in [0.25, 0.3) is 0 Å². The van der Waals surface area contributed by atoms with E-state index in [0.29, 0.717) is 0 Å². The van der Waals surface area contributed by atoms with Gasteiger partial charge in [-0.05, 0) is 98.2 Å². The topological polar surface area (TPSA) is 3.24 Å². The van der Waals surface area contributed by atoms with Crippen LogP contribution in [-0.4, -0.2) is 0 Å². The molecule has 0 atom stereocenters. The lowest BCUT2D eigenvalue weighted by Gasteiger charge is -2.29. The lowest BCUT2D eigenvalue weighted by Crippen LogP contribution is -2.14. The molecule has 8 aromatic carbocycles. The summed E-state index contributed by atoms with van der Waals surface area (Å²) in [7, 11) is 0. The van der Waals surface area contributed by atoms with Crippen LogP contribution in [0.3, 0.4) is 0 Å². The highest BCUT2D eigenvalue weighted by Gasteiger charge is 2.37. The van der Waals surface area contributed by atoms with Gasteiger partial charge in [0.05, 0.1) is 5.69 Å². The smallest absolute Gasteiger partial charge is 0.0540 e. The van der Waals surface area contributed by atoms with E-state index >= 15 is 0 Å². The van der Waals surface area contributed by atoms with Gasteiger partial charge in [-0.2, -0.15) is 0 Å². The van der Waals surface area contributed by atoms with Crippen LogP contribution in [0.2, 0.25) is 0 Å². The molecule has 51 heavy (non-hydrogen) atoms. The molecule has 1 nitrogen and oxygen atoms in total. The second-order valence-corrected chi connectivity index (χ2v) is 15.2. The fraction of sp³-hybridized carbons (Fsp3) is 0.0612. The molecule has 0 amide bonds. The van der Waals surface area contributed by atoms with Crippen LogP contribution in [0.15, 0.2) is 176 Å². The molecule has 0 aliphatic heterocycles. The lowest BCUT2D eigenvalue weighted by atomic mass is 9.82. The van der Waals surface area contributed by atoms with Gasteiger partial charge >= 0.3 is 0 Å². The summed E-state index contributed by atoms with van der Waals surface area (Å²) >= 11 is 1.86. The van der Waals surface area contributed by atoms with E-state index in [1.807, 2.05) is 11.3 Å². The van der Waals surface area contributed by atoms with Crippen LogP contribution in [0.25, 0.3) is 64.3 Å². The third-order valence-electron chi connectivity index (χ3n) is 10.8. The molecule has 1 aliphatic rings. The van der Waals surface area contributed by atoms with Crippen molar-refractivity contribution in [1.82, 2.24) is 0 Å². The number of thiophene rings is 1. The van der Waals surface area contributed by atoms with Crippen LogP contribution in [0, 0.1) is 0 Å². The van der Waals surface area contributed by atoms with Gasteiger partial charge in [-0.3, -0.25) is 0 Å². The van der Waals surface area contributed by atoms with Gasteiger partial charge in [-0.1, -0.05) is 141 Å². The Kier molecular flexibility index (Phi) is 6.78. The zero-order valence-electron chi connectivity index (χ0n) is 28.6. The Morgan fingerprint density at radius 3 is 2.02 bits per heavy atom. The molecule has 0 spiro atoms. The summed E-state index contributed by atoms with van der Waals surface area (Å²) in [6.45, 7) is 4.72. The Morgan fingerprint density at radius 2 is 1.10 bits per heavy atom. The van der Waals surface area contributed by atoms with Crippen LogP contribution in [-0.2, 0) is 5.41 Å². The molecule has 9 aromatic rings. The number of hydrogen-bond acceptors (Lipinski definition) is 2. The Morgan fingerprint density at radius 1 is 0.431 bits per heavy atom. The molecule has 2 heteroatoms. The van der Waals surface area contributed by atoms with Crippen LogP contribution in [0.1, 0.15) is 25.0 Å². The maximum absolute atomic E-state index is 2.47. The van der Waals surface area contributed by atoms with Gasteiger partial charge in [-0.25, -0.2) is 0 Å². The van der Waals surface area contributed by atoms with E-state index in [1.54, 1.807) is 0 Å². The van der Waals surface area contributed by atoms with E-state index in [2.05, 4.69) is 195 Å². The molecule has 1 aliphatic carbocycles. The van der Waals surface area contributed by atoms with Crippen molar-refractivity contribution < 1.29 is 0 Å². The Balaban J connectivity index is 1.21. The summed E-state index contributed by atoms with van der Waals surface area (Å²) in [5.74, 6) is 0. The molecule has 1 heterocycles. The third kappa shape index (κ3) is 4.75. The molecule has 0 fully saturated rings. The number of para-hydroxylation sites is 1. The molecule has 0 bridgehead atoms. The first-order chi connectivity index (χ1) is 25.0. The second kappa shape index (κ2) is 11.6. The summed E-state index contributed by atoms with van der Waals surface area (Å²) < 4.78 is 2.62. The molecule has 10 rings (SSSR count). The van der Waals surface area contributed by atoms with E-state index in [-0.39, 0.29) is 5.41 Å². The van der Waals surface area contributed by atoms with Gasteiger partial charge < -0.3 is 4.90 Å². The molecule has 0 radical (unpaired) electrons. The first-order valence-corrected chi connectivity index (χ1v) is 18.5. The van der Waals surface area contributed by atoms with Gasteiger partial charge in [0.2, 0.25) is 0 Å². The van der Waals surface area contributed by atoms with Crippen molar-refractivity contribution in [3.63, 3.8) is 0 Å². The molecule has 0 saturated carbocycles. The van der Waals surface area contributed by atoms with Gasteiger partial charge in [0.15, 0.2) is 0 Å². The quantitative estimate of drug-likeness (QED) is 0.176. The van der Waals surface area contributed by atoms with Crippen molar-refractivity contribution >= 4 is 59.3 Å². The van der Waals surface area contributed by atoms with Crippen LogP contribution >= 0.6 is 11.3 Å². The summed E-state index contributed by atoms with van der Waals surface area (Å²) in [4.78, 5) is 2.47. The van der Waals surface area contributed by atoms with Crippen LogP contribution in [0.4, 0.5) is 17.1 Å². The number of hydrogen-bond donors (Lipinski definition) is 0. The van der Waals surface area contributed by atoms with Crippen molar-refractivity contribution in [2.45, 2.75) is 19.3 Å². The highest BCUT2D eigenvalue weighted by atomic mass is 32.1. The summed E-state index contributed by atoms with van der Waals surface area (Å²) in [6, 6.07) is 65.0. The number of anilines is 3. The minimum atomic E-state index is -0.0736.